The maximum atomic E-state index is 13.3. The average Bonchev–Trinajstić information content (AvgIpc) is 3.72. The summed E-state index contributed by atoms with van der Waals surface area (Å²) in [5.41, 5.74) is 5.68. The minimum atomic E-state index is -4.45. The Morgan fingerprint density at radius 2 is 1.69 bits per heavy atom. The number of H-pyrrole nitrogens is 1. The Morgan fingerprint density at radius 1 is 1.00 bits per heavy atom. The van der Waals surface area contributed by atoms with Crippen molar-refractivity contribution in [3.8, 4) is 28.0 Å². The van der Waals surface area contributed by atoms with E-state index in [1.54, 1.807) is 17.7 Å². The predicted molar refractivity (Wildman–Crippen MR) is 160 cm³/mol. The second kappa shape index (κ2) is 11.1. The predicted octanol–water partition coefficient (Wildman–Crippen LogP) is 9.48. The molecule has 0 bridgehead atoms. The molecule has 1 aliphatic rings. The number of carboxylic acids is 1. The van der Waals surface area contributed by atoms with E-state index in [-0.39, 0.29) is 11.8 Å². The van der Waals surface area contributed by atoms with Crippen molar-refractivity contribution in [2.24, 2.45) is 0 Å². The summed E-state index contributed by atoms with van der Waals surface area (Å²) in [6, 6.07) is 16.2. The molecule has 0 atom stereocenters. The molecular formula is C33H27F3N2O3S. The summed E-state index contributed by atoms with van der Waals surface area (Å²) in [6.07, 6.45) is 3.69. The van der Waals surface area contributed by atoms with Crippen molar-refractivity contribution in [3.05, 3.63) is 93.6 Å². The third-order valence-corrected chi connectivity index (χ3v) is 8.57. The Balaban J connectivity index is 1.55. The molecule has 5 aromatic rings. The maximum absolute atomic E-state index is 13.3. The summed E-state index contributed by atoms with van der Waals surface area (Å²) in [5.74, 6) is -0.371. The summed E-state index contributed by atoms with van der Waals surface area (Å²) in [7, 11) is 0. The first-order chi connectivity index (χ1) is 20.2. The minimum absolute atomic E-state index is 0.0235. The summed E-state index contributed by atoms with van der Waals surface area (Å²) >= 11 is 1.45. The molecule has 2 N–H and O–H groups in total. The number of aromatic nitrogens is 2. The zero-order valence-electron chi connectivity index (χ0n) is 22.7. The molecule has 2 aromatic heterocycles. The van der Waals surface area contributed by atoms with E-state index >= 15 is 0 Å². The van der Waals surface area contributed by atoms with Crippen molar-refractivity contribution in [1.29, 1.82) is 0 Å². The summed E-state index contributed by atoms with van der Waals surface area (Å²) in [6.45, 7) is 1.88. The number of benzene rings is 3. The first-order valence-electron chi connectivity index (χ1n) is 13.6. The number of rotatable bonds is 7. The van der Waals surface area contributed by atoms with Crippen molar-refractivity contribution in [1.82, 2.24) is 9.97 Å². The quantitative estimate of drug-likeness (QED) is 0.199. The molecular weight excluding hydrogens is 561 g/mol. The van der Waals surface area contributed by atoms with Gasteiger partial charge in [-0.25, -0.2) is 9.78 Å². The number of alkyl halides is 3. The van der Waals surface area contributed by atoms with Crippen LogP contribution in [0.4, 0.5) is 13.2 Å². The minimum Gasteiger partial charge on any atom is -0.490 e. The van der Waals surface area contributed by atoms with Gasteiger partial charge in [0.25, 0.3) is 0 Å². The number of carbonyl (C=O) groups is 1. The van der Waals surface area contributed by atoms with Gasteiger partial charge in [-0.1, -0.05) is 36.4 Å². The molecule has 1 saturated carbocycles. The average molecular weight is 589 g/mol. The fraction of sp³-hybridized carbons (Fsp3) is 0.212. The fourth-order valence-electron chi connectivity index (χ4n) is 5.56. The molecule has 0 radical (unpaired) electrons. The van der Waals surface area contributed by atoms with Crippen LogP contribution >= 0.6 is 11.3 Å². The molecule has 5 nitrogen and oxygen atoms in total. The molecule has 0 aliphatic heterocycles. The fourth-order valence-corrected chi connectivity index (χ4v) is 6.25. The van der Waals surface area contributed by atoms with Crippen molar-refractivity contribution >= 4 is 40.4 Å². The lowest BCUT2D eigenvalue weighted by Gasteiger charge is -2.16. The molecule has 214 valence electrons. The van der Waals surface area contributed by atoms with Crippen LogP contribution in [0, 0.1) is 6.92 Å². The van der Waals surface area contributed by atoms with E-state index in [4.69, 9.17) is 4.74 Å². The Bertz CT molecular complexity index is 1780. The van der Waals surface area contributed by atoms with Gasteiger partial charge in [0.05, 0.1) is 22.9 Å². The highest BCUT2D eigenvalue weighted by molar-refractivity contribution is 7.10. The number of fused-ring (bicyclic) bond motifs is 1. The SMILES string of the molecule is Cc1ncsc1C=Cc1c(C(=O)O)[nH]c2ccc(-c3ccc(C(F)(F)F)cc3)c(-c3ccc(OC4CCCC4)cc3)c12. The molecule has 0 saturated heterocycles. The van der Waals surface area contributed by atoms with Gasteiger partial charge in [-0.3, -0.25) is 0 Å². The van der Waals surface area contributed by atoms with Gasteiger partial charge in [0.2, 0.25) is 0 Å². The smallest absolute Gasteiger partial charge is 0.416 e. The molecule has 9 heteroatoms. The Hall–Kier alpha value is -4.37. The normalized spacial score (nSPS) is 14.3. The van der Waals surface area contributed by atoms with Crippen LogP contribution < -0.4 is 4.74 Å². The molecule has 6 rings (SSSR count). The number of hydrogen-bond acceptors (Lipinski definition) is 4. The van der Waals surface area contributed by atoms with Crippen molar-refractivity contribution in [2.75, 3.05) is 0 Å². The van der Waals surface area contributed by atoms with Crippen molar-refractivity contribution < 1.29 is 27.8 Å². The van der Waals surface area contributed by atoms with E-state index in [9.17, 15) is 23.1 Å². The standard InChI is InChI=1S/C33H27F3N2O3S/c1-19-28(42-18-37-19)17-15-26-30-27(38-31(26)32(39)40)16-14-25(20-6-10-22(11-7-20)33(34,35)36)29(30)21-8-12-24(13-9-21)41-23-4-2-3-5-23/h6-18,23,38H,2-5H2,1H3,(H,39,40). The molecule has 1 aliphatic carbocycles. The largest absolute Gasteiger partial charge is 0.490 e. The number of nitrogens with one attached hydrogen (secondary N) is 1. The third kappa shape index (κ3) is 5.44. The van der Waals surface area contributed by atoms with Gasteiger partial charge in [-0.05, 0) is 91.3 Å². The van der Waals surface area contributed by atoms with E-state index in [1.165, 1.54) is 23.5 Å². The van der Waals surface area contributed by atoms with Gasteiger partial charge in [-0.15, -0.1) is 11.3 Å². The van der Waals surface area contributed by atoms with E-state index in [1.807, 2.05) is 43.3 Å². The number of nitrogens with zero attached hydrogens (tertiary/aromatic N) is 1. The van der Waals surface area contributed by atoms with Gasteiger partial charge < -0.3 is 14.8 Å². The highest BCUT2D eigenvalue weighted by atomic mass is 32.1. The molecule has 0 unspecified atom stereocenters. The number of ether oxygens (including phenoxy) is 1. The second-order valence-corrected chi connectivity index (χ2v) is 11.3. The maximum Gasteiger partial charge on any atom is 0.416 e. The first kappa shape index (κ1) is 27.8. The number of carboxylic acid groups (broad SMARTS) is 1. The number of thiazole rings is 1. The first-order valence-corrected chi connectivity index (χ1v) is 14.5. The lowest BCUT2D eigenvalue weighted by atomic mass is 9.89. The van der Waals surface area contributed by atoms with E-state index in [0.29, 0.717) is 33.2 Å². The number of aromatic amines is 1. The topological polar surface area (TPSA) is 75.2 Å². The summed E-state index contributed by atoms with van der Waals surface area (Å²) < 4.78 is 46.2. The van der Waals surface area contributed by atoms with Crippen LogP contribution in [0.3, 0.4) is 0 Å². The number of aromatic carboxylic acids is 1. The number of hydrogen-bond donors (Lipinski definition) is 2. The van der Waals surface area contributed by atoms with Crippen LogP contribution in [0.2, 0.25) is 0 Å². The van der Waals surface area contributed by atoms with E-state index in [2.05, 4.69) is 9.97 Å². The molecule has 42 heavy (non-hydrogen) atoms. The highest BCUT2D eigenvalue weighted by Crippen LogP contribution is 2.43. The van der Waals surface area contributed by atoms with Gasteiger partial charge >= 0.3 is 12.1 Å². The second-order valence-electron chi connectivity index (χ2n) is 10.4. The highest BCUT2D eigenvalue weighted by Gasteiger charge is 2.30. The molecule has 0 amide bonds. The van der Waals surface area contributed by atoms with E-state index in [0.717, 1.165) is 59.7 Å². The molecule has 2 heterocycles. The third-order valence-electron chi connectivity index (χ3n) is 7.67. The lowest BCUT2D eigenvalue weighted by molar-refractivity contribution is -0.137. The molecule has 3 aromatic carbocycles. The summed E-state index contributed by atoms with van der Waals surface area (Å²) in [4.78, 5) is 20.6. The van der Waals surface area contributed by atoms with Crippen LogP contribution in [-0.2, 0) is 6.18 Å². The molecule has 1 fully saturated rings. The van der Waals surface area contributed by atoms with E-state index < -0.39 is 17.7 Å². The van der Waals surface area contributed by atoms with Crippen molar-refractivity contribution in [2.45, 2.75) is 44.9 Å². The van der Waals surface area contributed by atoms with Crippen LogP contribution in [0.25, 0.3) is 45.3 Å². The lowest BCUT2D eigenvalue weighted by Crippen LogP contribution is -2.10. The van der Waals surface area contributed by atoms with Gasteiger partial charge in [-0.2, -0.15) is 13.2 Å². The van der Waals surface area contributed by atoms with Crippen LogP contribution in [0.1, 0.15) is 57.9 Å². The van der Waals surface area contributed by atoms with Gasteiger partial charge in [0.1, 0.15) is 11.4 Å². The van der Waals surface area contributed by atoms with Gasteiger partial charge in [0.15, 0.2) is 0 Å². The van der Waals surface area contributed by atoms with Crippen LogP contribution in [0.15, 0.2) is 66.2 Å². The number of halogens is 3. The summed E-state index contributed by atoms with van der Waals surface area (Å²) in [5, 5.41) is 10.8. The van der Waals surface area contributed by atoms with Gasteiger partial charge in [0, 0.05) is 21.3 Å². The number of aryl methyl sites for hydroxylation is 1. The Morgan fingerprint density at radius 3 is 2.31 bits per heavy atom. The van der Waals surface area contributed by atoms with Crippen LogP contribution in [0.5, 0.6) is 5.75 Å². The monoisotopic (exact) mass is 588 g/mol. The van der Waals surface area contributed by atoms with Crippen molar-refractivity contribution in [3.63, 3.8) is 0 Å². The molecule has 0 spiro atoms. The zero-order valence-corrected chi connectivity index (χ0v) is 23.5. The van der Waals surface area contributed by atoms with Crippen LogP contribution in [-0.4, -0.2) is 27.1 Å². The Labute approximate surface area is 244 Å². The Kier molecular flexibility index (Phi) is 7.36. The zero-order chi connectivity index (χ0) is 29.4.